The molecule has 2 aliphatic heterocycles. The number of ketones is 1. The van der Waals surface area contributed by atoms with Crippen molar-refractivity contribution in [1.82, 2.24) is 15.5 Å². The summed E-state index contributed by atoms with van der Waals surface area (Å²) in [4.78, 5) is 26.3. The topological polar surface area (TPSA) is 105 Å². The number of hydrogen-bond donors (Lipinski definition) is 3. The van der Waals surface area contributed by atoms with Gasteiger partial charge in [0.05, 0.1) is 6.04 Å². The molecule has 1 saturated heterocycles. The Morgan fingerprint density at radius 2 is 2.14 bits per heavy atom. The third-order valence-electron chi connectivity index (χ3n) is 3.85. The van der Waals surface area contributed by atoms with Crippen molar-refractivity contribution in [2.75, 3.05) is 20.6 Å². The van der Waals surface area contributed by atoms with Crippen LogP contribution in [-0.4, -0.2) is 48.4 Å². The molecule has 7 heteroatoms. The molecule has 0 radical (unpaired) electrons. The van der Waals surface area contributed by atoms with Crippen LogP contribution in [0.3, 0.4) is 0 Å². The summed E-state index contributed by atoms with van der Waals surface area (Å²) in [6.45, 7) is 0.596. The van der Waals surface area contributed by atoms with Gasteiger partial charge >= 0.3 is 0 Å². The first kappa shape index (κ1) is 14.9. The molecule has 2 aliphatic rings. The first-order valence-corrected chi connectivity index (χ1v) is 6.85. The highest BCUT2D eigenvalue weighted by molar-refractivity contribution is 6.08. The quantitative estimate of drug-likeness (QED) is 0.658. The molecule has 0 spiro atoms. The highest BCUT2D eigenvalue weighted by Gasteiger charge is 2.40. The average Bonchev–Trinajstić information content (AvgIpc) is 2.60. The van der Waals surface area contributed by atoms with E-state index < -0.39 is 23.5 Å². The zero-order valence-electron chi connectivity index (χ0n) is 12.1. The average molecular weight is 290 g/mol. The van der Waals surface area contributed by atoms with Crippen molar-refractivity contribution in [3.63, 3.8) is 0 Å². The van der Waals surface area contributed by atoms with Gasteiger partial charge in [0, 0.05) is 20.6 Å². The first-order chi connectivity index (χ1) is 10.1. The zero-order valence-corrected chi connectivity index (χ0v) is 12.1. The Balaban J connectivity index is 2.70. The van der Waals surface area contributed by atoms with Gasteiger partial charge in [0.15, 0.2) is 11.5 Å². The van der Waals surface area contributed by atoms with Crippen molar-refractivity contribution in [1.29, 1.82) is 5.26 Å². The maximum Gasteiger partial charge on any atom is 0.258 e. The van der Waals surface area contributed by atoms with E-state index >= 15 is 0 Å². The lowest BCUT2D eigenvalue weighted by Gasteiger charge is -2.37. The molecule has 0 bridgehead atoms. The van der Waals surface area contributed by atoms with Crippen LogP contribution >= 0.6 is 0 Å². The van der Waals surface area contributed by atoms with Crippen molar-refractivity contribution < 1.29 is 14.7 Å². The van der Waals surface area contributed by atoms with Gasteiger partial charge in [-0.05, 0) is 19.3 Å². The second-order valence-electron chi connectivity index (χ2n) is 4.96. The molecule has 0 saturated carbocycles. The highest BCUT2D eigenvalue weighted by Crippen LogP contribution is 2.31. The van der Waals surface area contributed by atoms with Crippen LogP contribution in [0.4, 0.5) is 0 Å². The van der Waals surface area contributed by atoms with Crippen LogP contribution in [0.25, 0.3) is 0 Å². The van der Waals surface area contributed by atoms with Crippen LogP contribution in [0.5, 0.6) is 0 Å². The van der Waals surface area contributed by atoms with Gasteiger partial charge in [0.1, 0.15) is 23.0 Å². The molecule has 1 amide bonds. The number of hydrogen-bond acceptors (Lipinski definition) is 6. The monoisotopic (exact) mass is 290 g/mol. The van der Waals surface area contributed by atoms with Crippen LogP contribution in [0.2, 0.25) is 0 Å². The Morgan fingerprint density at radius 3 is 2.71 bits per heavy atom. The Morgan fingerprint density at radius 1 is 1.43 bits per heavy atom. The molecule has 7 nitrogen and oxygen atoms in total. The molecule has 112 valence electrons. The van der Waals surface area contributed by atoms with Crippen LogP contribution in [0.15, 0.2) is 22.7 Å². The fourth-order valence-corrected chi connectivity index (χ4v) is 2.85. The predicted molar refractivity (Wildman–Crippen MR) is 74.8 cm³/mol. The lowest BCUT2D eigenvalue weighted by Crippen LogP contribution is -2.47. The number of fused-ring (bicyclic) bond motifs is 1. The number of nitrogens with one attached hydrogen (secondary N) is 2. The van der Waals surface area contributed by atoms with Gasteiger partial charge in [0.2, 0.25) is 0 Å². The van der Waals surface area contributed by atoms with E-state index in [1.807, 2.05) is 0 Å². The fourth-order valence-electron chi connectivity index (χ4n) is 2.85. The highest BCUT2D eigenvalue weighted by atomic mass is 16.3. The van der Waals surface area contributed by atoms with Crippen LogP contribution in [-0.2, 0) is 9.59 Å². The van der Waals surface area contributed by atoms with Crippen molar-refractivity contribution in [3.8, 4) is 6.07 Å². The molecule has 0 aromatic carbocycles. The molecule has 0 aliphatic carbocycles. The Kier molecular flexibility index (Phi) is 4.17. The number of nitriles is 1. The number of aliphatic hydroxyl groups is 1. The first-order valence-electron chi connectivity index (χ1n) is 6.85. The summed E-state index contributed by atoms with van der Waals surface area (Å²) in [5.74, 6) is -1.14. The minimum Gasteiger partial charge on any atom is -0.505 e. The van der Waals surface area contributed by atoms with E-state index in [2.05, 4.69) is 10.6 Å². The third kappa shape index (κ3) is 2.33. The van der Waals surface area contributed by atoms with Gasteiger partial charge in [-0.25, -0.2) is 0 Å². The van der Waals surface area contributed by atoms with Gasteiger partial charge in [-0.3, -0.25) is 9.59 Å². The normalized spacial score (nSPS) is 22.4. The molecule has 1 atom stereocenters. The van der Waals surface area contributed by atoms with E-state index in [-0.39, 0.29) is 11.1 Å². The number of amides is 1. The molecule has 2 heterocycles. The Bertz CT molecular complexity index is 586. The zero-order chi connectivity index (χ0) is 15.6. The maximum atomic E-state index is 12.5. The molecule has 21 heavy (non-hydrogen) atoms. The van der Waals surface area contributed by atoms with Crippen molar-refractivity contribution >= 4 is 11.7 Å². The minimum atomic E-state index is -0.555. The Labute approximate surface area is 122 Å². The van der Waals surface area contributed by atoms with Gasteiger partial charge in [-0.2, -0.15) is 5.26 Å². The number of nitrogens with zero attached hydrogens (tertiary/aromatic N) is 2. The van der Waals surface area contributed by atoms with E-state index in [0.717, 1.165) is 12.8 Å². The predicted octanol–water partition coefficient (Wildman–Crippen LogP) is -0.0637. The van der Waals surface area contributed by atoms with Crippen molar-refractivity contribution in [3.05, 3.63) is 22.7 Å². The number of Topliss-reactive ketones (excluding diaryl/α,β-unsaturated/α-hetero) is 1. The summed E-state index contributed by atoms with van der Waals surface area (Å²) < 4.78 is 0. The summed E-state index contributed by atoms with van der Waals surface area (Å²) >= 11 is 0. The van der Waals surface area contributed by atoms with Gasteiger partial charge in [-0.15, -0.1) is 0 Å². The van der Waals surface area contributed by atoms with E-state index in [4.69, 9.17) is 0 Å². The number of aliphatic hydroxyl groups excluding tert-OH is 1. The number of carbonyl (C=O) groups excluding carboxylic acids is 2. The number of carbonyl (C=O) groups is 2. The standard InChI is InChI=1S/C14H18N4O3/c1-16-13-10(14(21)17-2)12(20)8(7-15)11(19)9-5-3-4-6-18(9)13/h9,16,20H,3-6H2,1-2H3,(H,17,21). The third-order valence-corrected chi connectivity index (χ3v) is 3.85. The van der Waals surface area contributed by atoms with Gasteiger partial charge < -0.3 is 20.6 Å². The van der Waals surface area contributed by atoms with E-state index in [1.165, 1.54) is 7.05 Å². The van der Waals surface area contributed by atoms with Crippen LogP contribution < -0.4 is 10.6 Å². The molecule has 3 N–H and O–H groups in total. The molecular formula is C14H18N4O3. The smallest absolute Gasteiger partial charge is 0.258 e. The minimum absolute atomic E-state index is 0.0608. The molecule has 0 aromatic rings. The maximum absolute atomic E-state index is 12.5. The summed E-state index contributed by atoms with van der Waals surface area (Å²) in [6, 6.07) is 1.23. The summed E-state index contributed by atoms with van der Waals surface area (Å²) in [6.07, 6.45) is 2.36. The number of piperidine rings is 1. The van der Waals surface area contributed by atoms with Gasteiger partial charge in [0.25, 0.3) is 5.91 Å². The van der Waals surface area contributed by atoms with Gasteiger partial charge in [-0.1, -0.05) is 0 Å². The molecule has 0 aromatic heterocycles. The largest absolute Gasteiger partial charge is 0.505 e. The summed E-state index contributed by atoms with van der Waals surface area (Å²) in [7, 11) is 3.06. The number of likely N-dealkylation sites (N-methyl/N-ethyl adjacent to an activating group) is 1. The van der Waals surface area contributed by atoms with Crippen molar-refractivity contribution in [2.24, 2.45) is 0 Å². The SMILES string of the molecule is CNC(=O)C1=C(NC)N2CCCCC2C(=O)C(C#N)=C1O. The number of rotatable bonds is 2. The van der Waals surface area contributed by atoms with Crippen LogP contribution in [0.1, 0.15) is 19.3 Å². The summed E-state index contributed by atoms with van der Waals surface area (Å²) in [5.41, 5.74) is -0.412. The lowest BCUT2D eigenvalue weighted by molar-refractivity contribution is -0.121. The molecule has 1 unspecified atom stereocenters. The second-order valence-corrected chi connectivity index (χ2v) is 4.96. The molecular weight excluding hydrogens is 272 g/mol. The van der Waals surface area contributed by atoms with Crippen molar-refractivity contribution in [2.45, 2.75) is 25.3 Å². The van der Waals surface area contributed by atoms with Crippen LogP contribution in [0, 0.1) is 11.3 Å². The fraction of sp³-hybridized carbons (Fsp3) is 0.500. The molecule has 2 rings (SSSR count). The molecule has 1 fully saturated rings. The van der Waals surface area contributed by atoms with E-state index in [0.29, 0.717) is 18.8 Å². The second kappa shape index (κ2) is 5.87. The summed E-state index contributed by atoms with van der Waals surface area (Å²) in [5, 5.41) is 24.8. The van der Waals surface area contributed by atoms with E-state index in [1.54, 1.807) is 18.0 Å². The van der Waals surface area contributed by atoms with E-state index in [9.17, 15) is 20.0 Å². The lowest BCUT2D eigenvalue weighted by atomic mass is 9.95. The Hall–Kier alpha value is -2.49.